The third kappa shape index (κ3) is 2.54. The number of fused-ring (bicyclic) bond motifs is 5. The van der Waals surface area contributed by atoms with Gasteiger partial charge in [-0.3, -0.25) is 10.4 Å². The first-order valence-electron chi connectivity index (χ1n) is 7.98. The summed E-state index contributed by atoms with van der Waals surface area (Å²) in [5, 5.41) is 8.23. The molecule has 2 saturated carbocycles. The SMILES string of the molecule is S=C(N/N=C\c1ccccn1)N[C@@H]1C[C@H]2C[C@@H]1[C@H]1C=CC[C@H]21. The minimum atomic E-state index is 0.499. The summed E-state index contributed by atoms with van der Waals surface area (Å²) in [6.07, 6.45) is 12.1. The Kier molecular flexibility index (Phi) is 3.66. The van der Waals surface area contributed by atoms with E-state index >= 15 is 0 Å². The highest BCUT2D eigenvalue weighted by Crippen LogP contribution is 2.56. The molecule has 0 aliphatic heterocycles. The van der Waals surface area contributed by atoms with Crippen LogP contribution in [0.15, 0.2) is 41.6 Å². The monoisotopic (exact) mass is 312 g/mol. The highest BCUT2D eigenvalue weighted by Gasteiger charge is 2.52. The maximum absolute atomic E-state index is 5.37. The molecule has 1 heterocycles. The summed E-state index contributed by atoms with van der Waals surface area (Å²) in [5.41, 5.74) is 3.73. The molecule has 0 saturated heterocycles. The number of nitrogens with one attached hydrogen (secondary N) is 2. The van der Waals surface area contributed by atoms with Gasteiger partial charge >= 0.3 is 0 Å². The van der Waals surface area contributed by atoms with Gasteiger partial charge in [-0.05, 0) is 67.3 Å². The number of rotatable bonds is 3. The maximum Gasteiger partial charge on any atom is 0.187 e. The fraction of sp³-hybridized carbons (Fsp3) is 0.471. The number of aromatic nitrogens is 1. The summed E-state index contributed by atoms with van der Waals surface area (Å²) in [5.74, 6) is 3.30. The summed E-state index contributed by atoms with van der Waals surface area (Å²) in [4.78, 5) is 4.19. The van der Waals surface area contributed by atoms with Gasteiger partial charge in [0.2, 0.25) is 0 Å². The first kappa shape index (κ1) is 13.9. The predicted molar refractivity (Wildman–Crippen MR) is 91.4 cm³/mol. The molecule has 4 rings (SSSR count). The van der Waals surface area contributed by atoms with Crippen LogP contribution < -0.4 is 10.7 Å². The third-order valence-electron chi connectivity index (χ3n) is 5.38. The van der Waals surface area contributed by atoms with E-state index in [1.165, 1.54) is 19.3 Å². The molecule has 3 aliphatic carbocycles. The number of thiocarbonyl (C=S) groups is 1. The first-order valence-corrected chi connectivity index (χ1v) is 8.39. The molecule has 4 nitrogen and oxygen atoms in total. The third-order valence-corrected chi connectivity index (χ3v) is 5.59. The molecule has 0 unspecified atom stereocenters. The molecule has 114 valence electrons. The van der Waals surface area contributed by atoms with Crippen molar-refractivity contribution < 1.29 is 0 Å². The van der Waals surface area contributed by atoms with E-state index in [0.717, 1.165) is 29.4 Å². The van der Waals surface area contributed by atoms with E-state index in [-0.39, 0.29) is 0 Å². The topological polar surface area (TPSA) is 49.3 Å². The van der Waals surface area contributed by atoms with E-state index in [1.807, 2.05) is 18.2 Å². The van der Waals surface area contributed by atoms with Crippen LogP contribution in [0, 0.1) is 23.7 Å². The lowest BCUT2D eigenvalue weighted by atomic mass is 9.79. The van der Waals surface area contributed by atoms with Crippen molar-refractivity contribution in [2.45, 2.75) is 25.3 Å². The molecule has 2 N–H and O–H groups in total. The number of hydrazone groups is 1. The van der Waals surface area contributed by atoms with Gasteiger partial charge in [0.1, 0.15) is 0 Å². The van der Waals surface area contributed by atoms with Gasteiger partial charge in [-0.1, -0.05) is 18.2 Å². The minimum absolute atomic E-state index is 0.499. The Morgan fingerprint density at radius 2 is 2.27 bits per heavy atom. The van der Waals surface area contributed by atoms with Crippen molar-refractivity contribution in [1.82, 2.24) is 15.7 Å². The highest BCUT2D eigenvalue weighted by atomic mass is 32.1. The molecular weight excluding hydrogens is 292 g/mol. The van der Waals surface area contributed by atoms with Crippen molar-refractivity contribution in [2.24, 2.45) is 28.8 Å². The molecule has 5 heteroatoms. The lowest BCUT2D eigenvalue weighted by Gasteiger charge is -2.32. The van der Waals surface area contributed by atoms with Crippen molar-refractivity contribution in [1.29, 1.82) is 0 Å². The first-order chi connectivity index (χ1) is 10.8. The van der Waals surface area contributed by atoms with Crippen LogP contribution in [0.2, 0.25) is 0 Å². The van der Waals surface area contributed by atoms with Gasteiger partial charge in [0.15, 0.2) is 5.11 Å². The Hall–Kier alpha value is -1.75. The van der Waals surface area contributed by atoms with Gasteiger partial charge in [-0.25, -0.2) is 0 Å². The molecular formula is C17H20N4S. The standard InChI is InChI=1S/C17H20N4S/c22-17(21-19-10-12-4-1-2-7-18-12)20-16-9-11-8-15(16)14-6-3-5-13(11)14/h1-4,6-7,10-11,13-16H,5,8-9H2,(H2,20,21,22)/b19-10-/t11-,13-,14+,15-,16-/m1/s1. The Bertz CT molecular complexity index is 612. The van der Waals surface area contributed by atoms with Crippen LogP contribution in [0.1, 0.15) is 25.0 Å². The number of allylic oxidation sites excluding steroid dienone is 2. The number of nitrogens with zero attached hydrogens (tertiary/aromatic N) is 2. The average Bonchev–Trinajstić information content (AvgIpc) is 3.20. The maximum atomic E-state index is 5.37. The smallest absolute Gasteiger partial charge is 0.187 e. The lowest BCUT2D eigenvalue weighted by Crippen LogP contribution is -2.45. The molecule has 3 aliphatic rings. The second-order valence-electron chi connectivity index (χ2n) is 6.50. The molecule has 2 bridgehead atoms. The highest BCUT2D eigenvalue weighted by molar-refractivity contribution is 7.80. The quantitative estimate of drug-likeness (QED) is 0.390. The van der Waals surface area contributed by atoms with Crippen molar-refractivity contribution in [3.05, 3.63) is 42.2 Å². The van der Waals surface area contributed by atoms with Gasteiger partial charge in [-0.15, -0.1) is 0 Å². The lowest BCUT2D eigenvalue weighted by molar-refractivity contribution is 0.246. The second kappa shape index (κ2) is 5.80. The number of hydrogen-bond donors (Lipinski definition) is 2. The molecule has 2 fully saturated rings. The van der Waals surface area contributed by atoms with Crippen LogP contribution in [0.25, 0.3) is 0 Å². The van der Waals surface area contributed by atoms with Crippen LogP contribution in [0.5, 0.6) is 0 Å². The summed E-state index contributed by atoms with van der Waals surface area (Å²) >= 11 is 5.37. The normalized spacial score (nSPS) is 35.0. The van der Waals surface area contributed by atoms with Crippen LogP contribution >= 0.6 is 12.2 Å². The van der Waals surface area contributed by atoms with Crippen molar-refractivity contribution >= 4 is 23.5 Å². The van der Waals surface area contributed by atoms with E-state index in [4.69, 9.17) is 12.2 Å². The van der Waals surface area contributed by atoms with Crippen LogP contribution in [-0.4, -0.2) is 22.4 Å². The van der Waals surface area contributed by atoms with E-state index in [9.17, 15) is 0 Å². The van der Waals surface area contributed by atoms with E-state index in [1.54, 1.807) is 12.4 Å². The summed E-state index contributed by atoms with van der Waals surface area (Å²) in [6, 6.07) is 6.23. The molecule has 0 aromatic carbocycles. The van der Waals surface area contributed by atoms with Crippen molar-refractivity contribution in [3.63, 3.8) is 0 Å². The van der Waals surface area contributed by atoms with Gasteiger partial charge in [0.05, 0.1) is 11.9 Å². The van der Waals surface area contributed by atoms with Gasteiger partial charge in [0, 0.05) is 12.2 Å². The van der Waals surface area contributed by atoms with Crippen LogP contribution in [0.3, 0.4) is 0 Å². The number of hydrogen-bond acceptors (Lipinski definition) is 3. The van der Waals surface area contributed by atoms with E-state index in [2.05, 4.69) is 33.0 Å². The Morgan fingerprint density at radius 3 is 3.14 bits per heavy atom. The van der Waals surface area contributed by atoms with E-state index < -0.39 is 0 Å². The molecule has 0 amide bonds. The van der Waals surface area contributed by atoms with Crippen LogP contribution in [0.4, 0.5) is 0 Å². The summed E-state index contributed by atoms with van der Waals surface area (Å²) in [7, 11) is 0. The minimum Gasteiger partial charge on any atom is -0.358 e. The second-order valence-corrected chi connectivity index (χ2v) is 6.91. The molecule has 1 aromatic heterocycles. The summed E-state index contributed by atoms with van der Waals surface area (Å²) in [6.45, 7) is 0. The van der Waals surface area contributed by atoms with Crippen molar-refractivity contribution in [3.8, 4) is 0 Å². The van der Waals surface area contributed by atoms with Gasteiger partial charge in [-0.2, -0.15) is 5.10 Å². The van der Waals surface area contributed by atoms with Gasteiger partial charge < -0.3 is 5.32 Å². The predicted octanol–water partition coefficient (Wildman–Crippen LogP) is 2.48. The molecule has 0 spiro atoms. The Labute approximate surface area is 136 Å². The fourth-order valence-corrected chi connectivity index (χ4v) is 4.73. The zero-order valence-corrected chi connectivity index (χ0v) is 13.2. The van der Waals surface area contributed by atoms with Crippen LogP contribution in [-0.2, 0) is 0 Å². The van der Waals surface area contributed by atoms with E-state index in [0.29, 0.717) is 11.2 Å². The molecule has 1 aromatic rings. The fourth-order valence-electron chi connectivity index (χ4n) is 4.52. The zero-order valence-electron chi connectivity index (χ0n) is 12.4. The van der Waals surface area contributed by atoms with Crippen molar-refractivity contribution in [2.75, 3.05) is 0 Å². The molecule has 5 atom stereocenters. The zero-order chi connectivity index (χ0) is 14.9. The number of pyridine rings is 1. The largest absolute Gasteiger partial charge is 0.358 e. The van der Waals surface area contributed by atoms with Gasteiger partial charge in [0.25, 0.3) is 0 Å². The Morgan fingerprint density at radius 1 is 1.32 bits per heavy atom. The summed E-state index contributed by atoms with van der Waals surface area (Å²) < 4.78 is 0. The molecule has 22 heavy (non-hydrogen) atoms. The average molecular weight is 312 g/mol. The molecule has 0 radical (unpaired) electrons. The Balaban J connectivity index is 1.30.